The first-order valence-electron chi connectivity index (χ1n) is 16.5. The van der Waals surface area contributed by atoms with Gasteiger partial charge in [0.25, 0.3) is 0 Å². The van der Waals surface area contributed by atoms with Crippen molar-refractivity contribution in [3.8, 4) is 33.6 Å². The first-order valence-corrected chi connectivity index (χ1v) is 16.5. The van der Waals surface area contributed by atoms with Crippen LogP contribution in [0.25, 0.3) is 88.0 Å². The third-order valence-corrected chi connectivity index (χ3v) is 9.90. The smallest absolute Gasteiger partial charge is 0.0547 e. The summed E-state index contributed by atoms with van der Waals surface area (Å²) in [6.45, 7) is 0. The standard InChI is InChI=1S/C46H30N2/c1-2-15-35(16-3-1)47-43-22-8-6-19-39(43)41-26-24-33(30-46(41)47)32-25-27-45-42(29-32)40-20-7-9-23-44(40)48(45)36-17-10-14-34(28-36)38-21-11-13-31-12-4-5-18-37(31)38/h1-30H. The molecule has 0 spiro atoms. The van der Waals surface area contributed by atoms with Crippen LogP contribution in [-0.2, 0) is 0 Å². The highest BCUT2D eigenvalue weighted by atomic mass is 15.0. The zero-order valence-corrected chi connectivity index (χ0v) is 26.2. The number of rotatable bonds is 4. The lowest BCUT2D eigenvalue weighted by Crippen LogP contribution is -1.94. The van der Waals surface area contributed by atoms with Crippen molar-refractivity contribution in [2.24, 2.45) is 0 Å². The molecule has 2 nitrogen and oxygen atoms in total. The molecule has 0 unspecified atom stereocenters. The number of nitrogens with zero attached hydrogens (tertiary/aromatic N) is 2. The Balaban J connectivity index is 1.16. The number of aromatic nitrogens is 2. The van der Waals surface area contributed by atoms with Crippen molar-refractivity contribution in [3.63, 3.8) is 0 Å². The molecule has 10 rings (SSSR count). The molecule has 224 valence electrons. The molecule has 48 heavy (non-hydrogen) atoms. The van der Waals surface area contributed by atoms with Gasteiger partial charge in [0.15, 0.2) is 0 Å². The molecule has 2 aromatic heterocycles. The Bertz CT molecular complexity index is 2830. The molecule has 0 amide bonds. The number of hydrogen-bond donors (Lipinski definition) is 0. The Hall–Kier alpha value is -6.38. The van der Waals surface area contributed by atoms with Crippen molar-refractivity contribution in [3.05, 3.63) is 182 Å². The van der Waals surface area contributed by atoms with Crippen molar-refractivity contribution in [2.75, 3.05) is 0 Å². The van der Waals surface area contributed by atoms with Crippen LogP contribution < -0.4 is 0 Å². The quantitative estimate of drug-likeness (QED) is 0.188. The molecule has 0 aliphatic carbocycles. The van der Waals surface area contributed by atoms with Crippen molar-refractivity contribution in [1.29, 1.82) is 0 Å². The van der Waals surface area contributed by atoms with Gasteiger partial charge in [-0.25, -0.2) is 0 Å². The van der Waals surface area contributed by atoms with Gasteiger partial charge in [0, 0.05) is 32.9 Å². The third kappa shape index (κ3) is 4.06. The predicted molar refractivity (Wildman–Crippen MR) is 203 cm³/mol. The van der Waals surface area contributed by atoms with Crippen LogP contribution in [-0.4, -0.2) is 9.13 Å². The first kappa shape index (κ1) is 26.8. The van der Waals surface area contributed by atoms with Crippen LogP contribution in [0.3, 0.4) is 0 Å². The molecule has 0 aliphatic rings. The number of benzene rings is 8. The van der Waals surface area contributed by atoms with Crippen LogP contribution in [0.15, 0.2) is 182 Å². The average Bonchev–Trinajstić information content (AvgIpc) is 3.67. The average molecular weight is 611 g/mol. The second-order valence-electron chi connectivity index (χ2n) is 12.6. The van der Waals surface area contributed by atoms with Crippen LogP contribution in [0, 0.1) is 0 Å². The van der Waals surface area contributed by atoms with Gasteiger partial charge in [0.1, 0.15) is 0 Å². The Kier molecular flexibility index (Phi) is 5.91. The molecule has 0 saturated heterocycles. The summed E-state index contributed by atoms with van der Waals surface area (Å²) >= 11 is 0. The van der Waals surface area contributed by atoms with E-state index >= 15 is 0 Å². The summed E-state index contributed by atoms with van der Waals surface area (Å²) < 4.78 is 4.81. The van der Waals surface area contributed by atoms with E-state index in [9.17, 15) is 0 Å². The number of para-hydroxylation sites is 3. The van der Waals surface area contributed by atoms with E-state index in [0.717, 1.165) is 5.69 Å². The largest absolute Gasteiger partial charge is 0.309 e. The minimum absolute atomic E-state index is 1.16. The maximum absolute atomic E-state index is 2.42. The van der Waals surface area contributed by atoms with E-state index in [0.29, 0.717) is 0 Å². The number of fused-ring (bicyclic) bond motifs is 7. The summed E-state index contributed by atoms with van der Waals surface area (Å²) in [5.74, 6) is 0. The van der Waals surface area contributed by atoms with E-state index in [2.05, 4.69) is 191 Å². The van der Waals surface area contributed by atoms with E-state index in [1.54, 1.807) is 0 Å². The monoisotopic (exact) mass is 610 g/mol. The molecule has 2 heteroatoms. The Morgan fingerprint density at radius 1 is 0.271 bits per heavy atom. The summed E-state index contributed by atoms with van der Waals surface area (Å²) in [4.78, 5) is 0. The van der Waals surface area contributed by atoms with Gasteiger partial charge in [-0.1, -0.05) is 127 Å². The fraction of sp³-hybridized carbons (Fsp3) is 0. The summed E-state index contributed by atoms with van der Waals surface area (Å²) in [6, 6.07) is 66.2. The van der Waals surface area contributed by atoms with Gasteiger partial charge in [-0.2, -0.15) is 0 Å². The highest BCUT2D eigenvalue weighted by Crippen LogP contribution is 2.39. The lowest BCUT2D eigenvalue weighted by molar-refractivity contribution is 1.18. The fourth-order valence-corrected chi connectivity index (χ4v) is 7.73. The van der Waals surface area contributed by atoms with Crippen molar-refractivity contribution in [2.45, 2.75) is 0 Å². The van der Waals surface area contributed by atoms with E-state index < -0.39 is 0 Å². The van der Waals surface area contributed by atoms with Gasteiger partial charge >= 0.3 is 0 Å². The van der Waals surface area contributed by atoms with Gasteiger partial charge in [0.05, 0.1) is 22.1 Å². The summed E-state index contributed by atoms with van der Waals surface area (Å²) in [7, 11) is 0. The van der Waals surface area contributed by atoms with Crippen LogP contribution in [0.4, 0.5) is 0 Å². The first-order chi connectivity index (χ1) is 23.8. The molecule has 0 atom stereocenters. The van der Waals surface area contributed by atoms with Crippen molar-refractivity contribution < 1.29 is 0 Å². The zero-order chi connectivity index (χ0) is 31.6. The summed E-state index contributed by atoms with van der Waals surface area (Å²) in [5, 5.41) is 7.57. The van der Waals surface area contributed by atoms with Crippen LogP contribution in [0.1, 0.15) is 0 Å². The summed E-state index contributed by atoms with van der Waals surface area (Å²) in [5.41, 5.74) is 12.1. The molecule has 0 radical (unpaired) electrons. The molecule has 0 N–H and O–H groups in total. The molecular formula is C46H30N2. The van der Waals surface area contributed by atoms with E-state index in [1.807, 2.05) is 0 Å². The Morgan fingerprint density at radius 2 is 0.833 bits per heavy atom. The lowest BCUT2D eigenvalue weighted by atomic mass is 9.98. The molecule has 10 aromatic rings. The van der Waals surface area contributed by atoms with E-state index in [1.165, 1.54) is 82.3 Å². The van der Waals surface area contributed by atoms with Gasteiger partial charge in [-0.05, 0) is 87.6 Å². The van der Waals surface area contributed by atoms with E-state index in [4.69, 9.17) is 0 Å². The van der Waals surface area contributed by atoms with Gasteiger partial charge in [-0.3, -0.25) is 0 Å². The maximum atomic E-state index is 2.42. The normalized spacial score (nSPS) is 11.8. The minimum Gasteiger partial charge on any atom is -0.309 e. The third-order valence-electron chi connectivity index (χ3n) is 9.90. The SMILES string of the molecule is c1ccc(-n2c3ccccc3c3ccc(-c4ccc5c(c4)c4ccccc4n5-c4cccc(-c5cccc6ccccc56)c4)cc32)cc1. The molecule has 0 aliphatic heterocycles. The Morgan fingerprint density at radius 3 is 1.67 bits per heavy atom. The minimum atomic E-state index is 1.16. The second kappa shape index (κ2) is 10.6. The second-order valence-corrected chi connectivity index (χ2v) is 12.6. The molecule has 8 aromatic carbocycles. The summed E-state index contributed by atoms with van der Waals surface area (Å²) in [6.07, 6.45) is 0. The van der Waals surface area contributed by atoms with Crippen LogP contribution in [0.2, 0.25) is 0 Å². The van der Waals surface area contributed by atoms with Crippen molar-refractivity contribution in [1.82, 2.24) is 9.13 Å². The Labute approximate surface area is 278 Å². The molecular weight excluding hydrogens is 581 g/mol. The lowest BCUT2D eigenvalue weighted by Gasteiger charge is -2.12. The maximum Gasteiger partial charge on any atom is 0.0547 e. The van der Waals surface area contributed by atoms with Gasteiger partial charge in [-0.15, -0.1) is 0 Å². The topological polar surface area (TPSA) is 9.86 Å². The van der Waals surface area contributed by atoms with Crippen LogP contribution >= 0.6 is 0 Å². The molecule has 2 heterocycles. The highest BCUT2D eigenvalue weighted by Gasteiger charge is 2.16. The highest BCUT2D eigenvalue weighted by molar-refractivity contribution is 6.12. The fourth-order valence-electron chi connectivity index (χ4n) is 7.73. The van der Waals surface area contributed by atoms with Gasteiger partial charge in [0.2, 0.25) is 0 Å². The van der Waals surface area contributed by atoms with Crippen molar-refractivity contribution >= 4 is 54.4 Å². The molecule has 0 bridgehead atoms. The predicted octanol–water partition coefficient (Wildman–Crippen LogP) is 12.4. The molecule has 0 saturated carbocycles. The van der Waals surface area contributed by atoms with E-state index in [-0.39, 0.29) is 0 Å². The number of hydrogen-bond acceptors (Lipinski definition) is 0. The van der Waals surface area contributed by atoms with Gasteiger partial charge < -0.3 is 9.13 Å². The molecule has 0 fully saturated rings. The van der Waals surface area contributed by atoms with Crippen LogP contribution in [0.5, 0.6) is 0 Å². The zero-order valence-electron chi connectivity index (χ0n) is 26.2.